The summed E-state index contributed by atoms with van der Waals surface area (Å²) in [5, 5.41) is 3.40. The second-order valence-corrected chi connectivity index (χ2v) is 7.74. The zero-order chi connectivity index (χ0) is 18.5. The lowest BCUT2D eigenvalue weighted by Gasteiger charge is -2.33. The second-order valence-electron chi connectivity index (χ2n) is 7.74. The molecular weight excluding hydrogens is 362 g/mol. The fourth-order valence-electron chi connectivity index (χ4n) is 3.97. The Balaban J connectivity index is 0.00000261. The van der Waals surface area contributed by atoms with Crippen LogP contribution in [0.25, 0.3) is 0 Å². The molecule has 2 fully saturated rings. The van der Waals surface area contributed by atoms with Gasteiger partial charge < -0.3 is 15.1 Å². The summed E-state index contributed by atoms with van der Waals surface area (Å²) >= 11 is 0. The summed E-state index contributed by atoms with van der Waals surface area (Å²) in [4.78, 5) is 29.0. The lowest BCUT2D eigenvalue weighted by Crippen LogP contribution is -2.44. The zero-order valence-corrected chi connectivity index (χ0v) is 17.3. The van der Waals surface area contributed by atoms with E-state index in [1.165, 1.54) is 5.56 Å². The van der Waals surface area contributed by atoms with E-state index < -0.39 is 0 Å². The van der Waals surface area contributed by atoms with E-state index in [2.05, 4.69) is 43.4 Å². The Hall–Kier alpha value is -1.59. The van der Waals surface area contributed by atoms with Gasteiger partial charge in [-0.3, -0.25) is 9.59 Å². The van der Waals surface area contributed by atoms with Gasteiger partial charge in [0.25, 0.3) is 0 Å². The number of halogens is 1. The third-order valence-corrected chi connectivity index (χ3v) is 5.67. The van der Waals surface area contributed by atoms with Crippen LogP contribution in [-0.4, -0.2) is 54.3 Å². The number of benzene rings is 1. The topological polar surface area (TPSA) is 52.7 Å². The molecule has 0 saturated carbocycles. The van der Waals surface area contributed by atoms with Crippen LogP contribution in [0.2, 0.25) is 0 Å². The molecule has 0 aromatic heterocycles. The predicted octanol–water partition coefficient (Wildman–Crippen LogP) is 2.61. The van der Waals surface area contributed by atoms with Crippen LogP contribution in [0.3, 0.4) is 0 Å². The van der Waals surface area contributed by atoms with Crippen LogP contribution in [0.15, 0.2) is 24.3 Å². The number of hydrogen-bond acceptors (Lipinski definition) is 3. The Labute approximate surface area is 168 Å². The normalized spacial score (nSPS) is 20.7. The minimum Gasteiger partial charge on any atom is -0.342 e. The van der Waals surface area contributed by atoms with E-state index in [0.717, 1.165) is 44.6 Å². The SMILES string of the molecule is CCNCC1CCN(C(=O)C2CC(=O)N(Cc3ccc(C)cc3)C2)CC1.Cl. The largest absolute Gasteiger partial charge is 0.342 e. The van der Waals surface area contributed by atoms with Crippen molar-refractivity contribution in [2.45, 2.75) is 39.7 Å². The van der Waals surface area contributed by atoms with Crippen molar-refractivity contribution in [1.82, 2.24) is 15.1 Å². The second kappa shape index (κ2) is 10.1. The first kappa shape index (κ1) is 21.7. The molecule has 27 heavy (non-hydrogen) atoms. The number of carbonyl (C=O) groups is 2. The van der Waals surface area contributed by atoms with Gasteiger partial charge in [-0.2, -0.15) is 0 Å². The number of likely N-dealkylation sites (tertiary alicyclic amines) is 2. The van der Waals surface area contributed by atoms with Crippen LogP contribution in [-0.2, 0) is 16.1 Å². The van der Waals surface area contributed by atoms with E-state index in [4.69, 9.17) is 0 Å². The Morgan fingerprint density at radius 3 is 2.48 bits per heavy atom. The van der Waals surface area contributed by atoms with Crippen LogP contribution in [0.5, 0.6) is 0 Å². The fraction of sp³-hybridized carbons (Fsp3) is 0.619. The van der Waals surface area contributed by atoms with Crippen LogP contribution >= 0.6 is 12.4 Å². The van der Waals surface area contributed by atoms with Gasteiger partial charge in [-0.1, -0.05) is 36.8 Å². The number of rotatable bonds is 6. The molecule has 5 nitrogen and oxygen atoms in total. The molecule has 6 heteroatoms. The number of nitrogens with one attached hydrogen (secondary N) is 1. The smallest absolute Gasteiger partial charge is 0.227 e. The van der Waals surface area contributed by atoms with E-state index in [1.807, 2.05) is 9.80 Å². The van der Waals surface area contributed by atoms with Crippen molar-refractivity contribution in [2.75, 3.05) is 32.7 Å². The maximum absolute atomic E-state index is 12.8. The van der Waals surface area contributed by atoms with E-state index in [-0.39, 0.29) is 30.1 Å². The summed E-state index contributed by atoms with van der Waals surface area (Å²) in [5.74, 6) is 0.776. The average Bonchev–Trinajstić information content (AvgIpc) is 3.02. The quantitative estimate of drug-likeness (QED) is 0.808. The van der Waals surface area contributed by atoms with Gasteiger partial charge in [0.15, 0.2) is 0 Å². The number of hydrogen-bond donors (Lipinski definition) is 1. The molecule has 1 N–H and O–H groups in total. The van der Waals surface area contributed by atoms with Crippen molar-refractivity contribution in [3.8, 4) is 0 Å². The first-order valence-electron chi connectivity index (χ1n) is 9.89. The fourth-order valence-corrected chi connectivity index (χ4v) is 3.97. The number of piperidine rings is 1. The van der Waals surface area contributed by atoms with Crippen LogP contribution in [0.1, 0.15) is 37.3 Å². The summed E-state index contributed by atoms with van der Waals surface area (Å²) in [6.45, 7) is 9.05. The first-order valence-corrected chi connectivity index (χ1v) is 9.89. The predicted molar refractivity (Wildman–Crippen MR) is 110 cm³/mol. The zero-order valence-electron chi connectivity index (χ0n) is 16.4. The van der Waals surface area contributed by atoms with Crippen molar-refractivity contribution < 1.29 is 9.59 Å². The number of carbonyl (C=O) groups excluding carboxylic acids is 2. The molecule has 2 amide bonds. The van der Waals surface area contributed by atoms with Crippen molar-refractivity contribution in [1.29, 1.82) is 0 Å². The highest BCUT2D eigenvalue weighted by atomic mass is 35.5. The van der Waals surface area contributed by atoms with E-state index in [9.17, 15) is 9.59 Å². The molecular formula is C21H32ClN3O2. The van der Waals surface area contributed by atoms with E-state index in [0.29, 0.717) is 25.4 Å². The minimum absolute atomic E-state index is 0. The van der Waals surface area contributed by atoms with Crippen molar-refractivity contribution in [3.63, 3.8) is 0 Å². The minimum atomic E-state index is -0.168. The third kappa shape index (κ3) is 5.69. The molecule has 0 aliphatic carbocycles. The van der Waals surface area contributed by atoms with Crippen molar-refractivity contribution in [2.24, 2.45) is 11.8 Å². The molecule has 2 heterocycles. The molecule has 1 unspecified atom stereocenters. The van der Waals surface area contributed by atoms with Gasteiger partial charge in [-0.25, -0.2) is 0 Å². The van der Waals surface area contributed by atoms with Gasteiger partial charge in [0, 0.05) is 32.6 Å². The maximum Gasteiger partial charge on any atom is 0.227 e. The monoisotopic (exact) mass is 393 g/mol. The lowest BCUT2D eigenvalue weighted by atomic mass is 9.95. The summed E-state index contributed by atoms with van der Waals surface area (Å²) in [6, 6.07) is 8.26. The molecule has 0 bridgehead atoms. The van der Waals surface area contributed by atoms with Gasteiger partial charge >= 0.3 is 0 Å². The summed E-state index contributed by atoms with van der Waals surface area (Å²) in [5.41, 5.74) is 2.34. The Bertz CT molecular complexity index is 627. The van der Waals surface area contributed by atoms with Gasteiger partial charge in [0.2, 0.25) is 11.8 Å². The van der Waals surface area contributed by atoms with Crippen molar-refractivity contribution in [3.05, 3.63) is 35.4 Å². The number of nitrogens with zero attached hydrogens (tertiary/aromatic N) is 2. The van der Waals surface area contributed by atoms with Crippen LogP contribution in [0.4, 0.5) is 0 Å². The van der Waals surface area contributed by atoms with Gasteiger partial charge in [-0.05, 0) is 44.3 Å². The highest BCUT2D eigenvalue weighted by Gasteiger charge is 2.37. The standard InChI is InChI=1S/C21H31N3O2.ClH/c1-3-22-13-17-8-10-23(11-9-17)21(26)19-12-20(25)24(15-19)14-18-6-4-16(2)5-7-18;/h4-7,17,19,22H,3,8-15H2,1-2H3;1H. The molecule has 150 valence electrons. The highest BCUT2D eigenvalue weighted by molar-refractivity contribution is 5.89. The van der Waals surface area contributed by atoms with Crippen molar-refractivity contribution >= 4 is 24.2 Å². The number of aryl methyl sites for hydroxylation is 1. The molecule has 1 aromatic carbocycles. The lowest BCUT2D eigenvalue weighted by molar-refractivity contribution is -0.137. The van der Waals surface area contributed by atoms with Crippen LogP contribution < -0.4 is 5.32 Å². The van der Waals surface area contributed by atoms with Crippen LogP contribution in [0, 0.1) is 18.8 Å². The maximum atomic E-state index is 12.8. The molecule has 2 aliphatic rings. The highest BCUT2D eigenvalue weighted by Crippen LogP contribution is 2.25. The molecule has 1 atom stereocenters. The summed E-state index contributed by atoms with van der Waals surface area (Å²) < 4.78 is 0. The van der Waals surface area contributed by atoms with E-state index in [1.54, 1.807) is 0 Å². The Morgan fingerprint density at radius 1 is 1.19 bits per heavy atom. The average molecular weight is 394 g/mol. The molecule has 1 aromatic rings. The summed E-state index contributed by atoms with van der Waals surface area (Å²) in [7, 11) is 0. The third-order valence-electron chi connectivity index (χ3n) is 5.67. The summed E-state index contributed by atoms with van der Waals surface area (Å²) in [6.07, 6.45) is 2.49. The molecule has 3 rings (SSSR count). The molecule has 2 aliphatic heterocycles. The Morgan fingerprint density at radius 2 is 1.85 bits per heavy atom. The first-order chi connectivity index (χ1) is 12.6. The van der Waals surface area contributed by atoms with Gasteiger partial charge in [0.05, 0.1) is 5.92 Å². The van der Waals surface area contributed by atoms with Gasteiger partial charge in [0.1, 0.15) is 0 Å². The molecule has 0 spiro atoms. The molecule has 0 radical (unpaired) electrons. The molecule has 2 saturated heterocycles. The number of amides is 2. The van der Waals surface area contributed by atoms with E-state index >= 15 is 0 Å². The Kier molecular flexibility index (Phi) is 8.11. The van der Waals surface area contributed by atoms with Gasteiger partial charge in [-0.15, -0.1) is 12.4 Å².